The highest BCUT2D eigenvalue weighted by Crippen LogP contribution is 2.31. The van der Waals surface area contributed by atoms with Crippen molar-refractivity contribution >= 4 is 37.8 Å². The van der Waals surface area contributed by atoms with E-state index in [4.69, 9.17) is 0 Å². The zero-order valence-electron chi connectivity index (χ0n) is 11.6. The van der Waals surface area contributed by atoms with Crippen molar-refractivity contribution in [1.29, 1.82) is 0 Å². The molecule has 0 aromatic heterocycles. The quantitative estimate of drug-likeness (QED) is 0.653. The molecule has 1 aromatic carbocycles. The van der Waals surface area contributed by atoms with Crippen LogP contribution in [0.3, 0.4) is 0 Å². The van der Waals surface area contributed by atoms with Crippen molar-refractivity contribution in [2.24, 2.45) is 5.92 Å². The fraction of sp³-hybridized carbons (Fsp3) is 0.500. The average Bonchev–Trinajstić information content (AvgIpc) is 2.36. The number of hydrogen-bond acceptors (Lipinski definition) is 1. The highest BCUT2D eigenvalue weighted by Gasteiger charge is 2.31. The molecule has 0 spiro atoms. The Hall–Kier alpha value is -0.560. The second-order valence-corrected chi connectivity index (χ2v) is 6.65. The Morgan fingerprint density at radius 1 is 1.33 bits per heavy atom. The summed E-state index contributed by atoms with van der Waals surface area (Å²) in [5.41, 5.74) is -0.852. The first-order chi connectivity index (χ1) is 9.65. The van der Waals surface area contributed by atoms with Crippen LogP contribution in [-0.4, -0.2) is 17.3 Å². The van der Waals surface area contributed by atoms with Crippen LogP contribution in [0.15, 0.2) is 22.7 Å². The number of carbonyl (C=O) groups is 1. The van der Waals surface area contributed by atoms with Gasteiger partial charge in [0.15, 0.2) is 0 Å². The van der Waals surface area contributed by atoms with Gasteiger partial charge in [-0.05, 0) is 46.5 Å². The predicted molar refractivity (Wildman–Crippen MR) is 83.6 cm³/mol. The van der Waals surface area contributed by atoms with Crippen LogP contribution in [-0.2, 0) is 6.18 Å². The van der Waals surface area contributed by atoms with Crippen molar-refractivity contribution in [3.63, 3.8) is 0 Å². The molecule has 1 aromatic rings. The summed E-state index contributed by atoms with van der Waals surface area (Å²) in [5.74, 6) is -0.143. The van der Waals surface area contributed by atoms with Crippen LogP contribution in [0.4, 0.5) is 13.2 Å². The minimum Gasteiger partial charge on any atom is -0.348 e. The summed E-state index contributed by atoms with van der Waals surface area (Å²) >= 11 is 6.42. The van der Waals surface area contributed by atoms with Crippen molar-refractivity contribution in [1.82, 2.24) is 5.32 Å². The molecular weight excluding hydrogens is 415 g/mol. The lowest BCUT2D eigenvalue weighted by Gasteiger charge is -2.19. The third-order valence-corrected chi connectivity index (χ3v) is 4.29. The Morgan fingerprint density at radius 3 is 2.43 bits per heavy atom. The molecule has 0 fully saturated rings. The number of benzene rings is 1. The first kappa shape index (κ1) is 18.5. The zero-order valence-corrected chi connectivity index (χ0v) is 14.8. The fourth-order valence-electron chi connectivity index (χ4n) is 1.87. The SMILES string of the molecule is CC(C)CC(CBr)NC(=O)c1cc(C(F)(F)F)ccc1Br. The van der Waals surface area contributed by atoms with E-state index in [-0.39, 0.29) is 11.6 Å². The molecule has 21 heavy (non-hydrogen) atoms. The van der Waals surface area contributed by atoms with Gasteiger partial charge < -0.3 is 5.32 Å². The summed E-state index contributed by atoms with van der Waals surface area (Å²) in [6.07, 6.45) is -3.73. The van der Waals surface area contributed by atoms with Gasteiger partial charge in [0.2, 0.25) is 0 Å². The number of rotatable bonds is 5. The lowest BCUT2D eigenvalue weighted by atomic mass is 10.0. The smallest absolute Gasteiger partial charge is 0.348 e. The van der Waals surface area contributed by atoms with Crippen LogP contribution in [0.5, 0.6) is 0 Å². The zero-order chi connectivity index (χ0) is 16.2. The lowest BCUT2D eigenvalue weighted by Crippen LogP contribution is -2.37. The van der Waals surface area contributed by atoms with Gasteiger partial charge in [-0.25, -0.2) is 0 Å². The highest BCUT2D eigenvalue weighted by molar-refractivity contribution is 9.10. The monoisotopic (exact) mass is 429 g/mol. The van der Waals surface area contributed by atoms with Crippen molar-refractivity contribution in [2.45, 2.75) is 32.5 Å². The van der Waals surface area contributed by atoms with E-state index in [9.17, 15) is 18.0 Å². The second-order valence-electron chi connectivity index (χ2n) is 5.15. The van der Waals surface area contributed by atoms with Gasteiger partial charge >= 0.3 is 6.18 Å². The first-order valence-electron chi connectivity index (χ1n) is 6.38. The van der Waals surface area contributed by atoms with E-state index in [2.05, 4.69) is 37.2 Å². The Bertz CT molecular complexity index is 503. The molecular formula is C14H16Br2F3NO. The van der Waals surface area contributed by atoms with Crippen LogP contribution in [0.2, 0.25) is 0 Å². The molecule has 1 N–H and O–H groups in total. The van der Waals surface area contributed by atoms with Gasteiger partial charge in [-0.15, -0.1) is 0 Å². The summed E-state index contributed by atoms with van der Waals surface area (Å²) in [7, 11) is 0. The van der Waals surface area contributed by atoms with Gasteiger partial charge in [0, 0.05) is 15.8 Å². The van der Waals surface area contributed by atoms with Crippen LogP contribution in [0, 0.1) is 5.92 Å². The van der Waals surface area contributed by atoms with Crippen LogP contribution >= 0.6 is 31.9 Å². The third-order valence-electron chi connectivity index (χ3n) is 2.82. The minimum atomic E-state index is -4.47. The summed E-state index contributed by atoms with van der Waals surface area (Å²) in [5, 5.41) is 3.30. The fourth-order valence-corrected chi connectivity index (χ4v) is 2.72. The van der Waals surface area contributed by atoms with Crippen LogP contribution < -0.4 is 5.32 Å². The molecule has 1 unspecified atom stereocenters. The van der Waals surface area contributed by atoms with E-state index >= 15 is 0 Å². The van der Waals surface area contributed by atoms with Gasteiger partial charge in [-0.3, -0.25) is 4.79 Å². The molecule has 118 valence electrons. The van der Waals surface area contributed by atoms with Gasteiger partial charge in [-0.1, -0.05) is 29.8 Å². The maximum atomic E-state index is 12.7. The maximum absolute atomic E-state index is 12.7. The first-order valence-corrected chi connectivity index (χ1v) is 8.30. The molecule has 0 saturated heterocycles. The van der Waals surface area contributed by atoms with Crippen molar-refractivity contribution in [3.8, 4) is 0 Å². The Kier molecular flexibility index (Phi) is 6.71. The number of nitrogens with one attached hydrogen (secondary N) is 1. The van der Waals surface area contributed by atoms with E-state index in [0.717, 1.165) is 18.6 Å². The van der Waals surface area contributed by atoms with Crippen molar-refractivity contribution in [3.05, 3.63) is 33.8 Å². The molecule has 0 aliphatic carbocycles. The second kappa shape index (κ2) is 7.63. The maximum Gasteiger partial charge on any atom is 0.416 e. The highest BCUT2D eigenvalue weighted by atomic mass is 79.9. The van der Waals surface area contributed by atoms with E-state index in [0.29, 0.717) is 15.7 Å². The number of hydrogen-bond donors (Lipinski definition) is 1. The van der Waals surface area contributed by atoms with E-state index in [1.807, 2.05) is 13.8 Å². The van der Waals surface area contributed by atoms with Gasteiger partial charge in [0.05, 0.1) is 11.1 Å². The predicted octanol–water partition coefficient (Wildman–Crippen LogP) is 5.01. The normalized spacial score (nSPS) is 13.3. The summed E-state index contributed by atoms with van der Waals surface area (Å²) in [6.45, 7) is 4.03. The summed E-state index contributed by atoms with van der Waals surface area (Å²) in [4.78, 5) is 12.2. The molecule has 0 saturated carbocycles. The molecule has 1 amide bonds. The number of alkyl halides is 4. The van der Waals surface area contributed by atoms with E-state index in [1.165, 1.54) is 6.07 Å². The lowest BCUT2D eigenvalue weighted by molar-refractivity contribution is -0.137. The molecule has 0 aliphatic rings. The largest absolute Gasteiger partial charge is 0.416 e. The van der Waals surface area contributed by atoms with E-state index in [1.54, 1.807) is 0 Å². The average molecular weight is 431 g/mol. The van der Waals surface area contributed by atoms with E-state index < -0.39 is 17.6 Å². The molecule has 2 nitrogen and oxygen atoms in total. The summed E-state index contributed by atoms with van der Waals surface area (Å²) in [6, 6.07) is 2.92. The third kappa shape index (κ3) is 5.62. The standard InChI is InChI=1S/C14H16Br2F3NO/c1-8(2)5-10(7-15)20-13(21)11-6-9(14(17,18)19)3-4-12(11)16/h3-4,6,8,10H,5,7H2,1-2H3,(H,20,21). The molecule has 0 bridgehead atoms. The van der Waals surface area contributed by atoms with Gasteiger partial charge in [0.1, 0.15) is 0 Å². The number of amides is 1. The van der Waals surface area contributed by atoms with Gasteiger partial charge in [-0.2, -0.15) is 13.2 Å². The van der Waals surface area contributed by atoms with Crippen LogP contribution in [0.25, 0.3) is 0 Å². The topological polar surface area (TPSA) is 29.1 Å². The molecule has 1 atom stereocenters. The van der Waals surface area contributed by atoms with Crippen LogP contribution in [0.1, 0.15) is 36.2 Å². The number of halogens is 5. The van der Waals surface area contributed by atoms with Crippen molar-refractivity contribution < 1.29 is 18.0 Å². The Labute approximate surface area is 138 Å². The minimum absolute atomic E-state index is 0.0143. The molecule has 7 heteroatoms. The Balaban J connectivity index is 2.96. The molecule has 1 rings (SSSR count). The Morgan fingerprint density at radius 2 is 1.95 bits per heavy atom. The number of carbonyl (C=O) groups excluding carboxylic acids is 1. The molecule has 0 radical (unpaired) electrons. The summed E-state index contributed by atoms with van der Waals surface area (Å²) < 4.78 is 38.5. The van der Waals surface area contributed by atoms with Gasteiger partial charge in [0.25, 0.3) is 5.91 Å². The molecule has 0 aliphatic heterocycles. The molecule has 0 heterocycles. The van der Waals surface area contributed by atoms with Crippen molar-refractivity contribution in [2.75, 3.05) is 5.33 Å².